The van der Waals surface area contributed by atoms with Crippen molar-refractivity contribution in [1.29, 1.82) is 0 Å². The molecule has 1 aromatic heterocycles. The predicted molar refractivity (Wildman–Crippen MR) is 133 cm³/mol. The number of hydrogen-bond donors (Lipinski definition) is 5. The van der Waals surface area contributed by atoms with E-state index in [1.165, 1.54) is 0 Å². The zero-order valence-corrected chi connectivity index (χ0v) is 21.6. The lowest BCUT2D eigenvalue weighted by atomic mass is 10.0. The first-order valence-electron chi connectivity index (χ1n) is 11.8. The SMILES string of the molecule is CC(=O)OC1[C@H](Oc2c(-c3cc(O)c(O)c(O)c3)oc3cc(O)cc(O)c3c2=O)OC[C@@H](OC(C)=O)[C@@H]1OC(C)=O. The number of fused-ring (bicyclic) bond motifs is 1. The summed E-state index contributed by atoms with van der Waals surface area (Å²) < 4.78 is 32.8. The van der Waals surface area contributed by atoms with Crippen LogP contribution >= 0.6 is 0 Å². The molecular weight excluding hydrogens is 552 g/mol. The molecule has 2 aromatic carbocycles. The first-order chi connectivity index (χ1) is 19.3. The van der Waals surface area contributed by atoms with E-state index < -0.39 is 100 Å². The minimum atomic E-state index is -1.72. The van der Waals surface area contributed by atoms with Gasteiger partial charge in [0.25, 0.3) is 0 Å². The van der Waals surface area contributed by atoms with Crippen molar-refractivity contribution in [3.05, 3.63) is 34.5 Å². The van der Waals surface area contributed by atoms with Crippen LogP contribution in [0.3, 0.4) is 0 Å². The van der Waals surface area contributed by atoms with Gasteiger partial charge in [-0.25, -0.2) is 0 Å². The molecule has 218 valence electrons. The number of hydrogen-bond acceptors (Lipinski definition) is 15. The summed E-state index contributed by atoms with van der Waals surface area (Å²) in [5.41, 5.74) is -1.60. The largest absolute Gasteiger partial charge is 0.508 e. The number of carbonyl (C=O) groups is 3. The molecule has 1 fully saturated rings. The Kier molecular flexibility index (Phi) is 7.82. The number of aromatic hydroxyl groups is 5. The number of esters is 3. The Morgan fingerprint density at radius 3 is 1.98 bits per heavy atom. The fraction of sp³-hybridized carbons (Fsp3) is 0.308. The Balaban J connectivity index is 1.91. The summed E-state index contributed by atoms with van der Waals surface area (Å²) in [6, 6.07) is 3.69. The summed E-state index contributed by atoms with van der Waals surface area (Å²) in [4.78, 5) is 49.1. The third-order valence-corrected chi connectivity index (χ3v) is 5.79. The van der Waals surface area contributed by atoms with Crippen LogP contribution in [0.4, 0.5) is 0 Å². The van der Waals surface area contributed by atoms with Crippen LogP contribution in [0.5, 0.6) is 34.5 Å². The van der Waals surface area contributed by atoms with E-state index in [1.54, 1.807) is 0 Å². The lowest BCUT2D eigenvalue weighted by Gasteiger charge is -2.40. The number of phenolic OH excluding ortho intramolecular Hbond substituents is 5. The normalized spacial score (nSPS) is 20.3. The minimum Gasteiger partial charge on any atom is -0.508 e. The maximum absolute atomic E-state index is 13.6. The number of rotatable bonds is 6. The van der Waals surface area contributed by atoms with E-state index in [0.717, 1.165) is 45.0 Å². The van der Waals surface area contributed by atoms with Gasteiger partial charge in [-0.1, -0.05) is 0 Å². The average molecular weight is 576 g/mol. The molecule has 41 heavy (non-hydrogen) atoms. The van der Waals surface area contributed by atoms with Gasteiger partial charge in [0.2, 0.25) is 23.6 Å². The molecule has 3 aromatic rings. The topological polar surface area (TPSA) is 229 Å². The minimum absolute atomic E-state index is 0.219. The first-order valence-corrected chi connectivity index (χ1v) is 11.8. The van der Waals surface area contributed by atoms with Crippen LogP contribution in [0.25, 0.3) is 22.3 Å². The molecule has 4 rings (SSSR count). The van der Waals surface area contributed by atoms with Gasteiger partial charge in [0.05, 0.1) is 6.61 Å². The van der Waals surface area contributed by atoms with Gasteiger partial charge in [0, 0.05) is 38.5 Å². The predicted octanol–water partition coefficient (Wildman–Crippen LogP) is 1.52. The molecule has 1 saturated heterocycles. The molecule has 1 aliphatic rings. The zero-order valence-electron chi connectivity index (χ0n) is 21.6. The number of carbonyl (C=O) groups excluding carboxylic acids is 3. The maximum atomic E-state index is 13.6. The van der Waals surface area contributed by atoms with Crippen molar-refractivity contribution >= 4 is 28.9 Å². The van der Waals surface area contributed by atoms with Crippen molar-refractivity contribution in [1.82, 2.24) is 0 Å². The monoisotopic (exact) mass is 576 g/mol. The van der Waals surface area contributed by atoms with Gasteiger partial charge in [0.15, 0.2) is 35.2 Å². The second kappa shape index (κ2) is 11.1. The van der Waals surface area contributed by atoms with Crippen molar-refractivity contribution in [3.8, 4) is 45.8 Å². The van der Waals surface area contributed by atoms with Gasteiger partial charge in [-0.05, 0) is 12.1 Å². The van der Waals surface area contributed by atoms with E-state index in [4.69, 9.17) is 28.1 Å². The lowest BCUT2D eigenvalue weighted by Crippen LogP contribution is -2.59. The Morgan fingerprint density at radius 1 is 0.805 bits per heavy atom. The molecule has 0 spiro atoms. The lowest BCUT2D eigenvalue weighted by molar-refractivity contribution is -0.260. The maximum Gasteiger partial charge on any atom is 0.303 e. The molecule has 0 radical (unpaired) electrons. The summed E-state index contributed by atoms with van der Waals surface area (Å²) in [6.45, 7) is 2.72. The molecule has 5 N–H and O–H groups in total. The van der Waals surface area contributed by atoms with E-state index in [0.29, 0.717) is 0 Å². The molecule has 0 bridgehead atoms. The molecule has 0 aliphatic carbocycles. The molecule has 1 unspecified atom stereocenters. The molecule has 0 amide bonds. The van der Waals surface area contributed by atoms with Crippen LogP contribution in [0.2, 0.25) is 0 Å². The molecule has 0 saturated carbocycles. The van der Waals surface area contributed by atoms with Gasteiger partial charge in [-0.15, -0.1) is 0 Å². The quantitative estimate of drug-likeness (QED) is 0.159. The van der Waals surface area contributed by atoms with Gasteiger partial charge >= 0.3 is 17.9 Å². The summed E-state index contributed by atoms with van der Waals surface area (Å²) in [6.07, 6.45) is -6.03. The van der Waals surface area contributed by atoms with Crippen molar-refractivity contribution < 1.29 is 68.0 Å². The van der Waals surface area contributed by atoms with Crippen LogP contribution < -0.4 is 10.2 Å². The van der Waals surface area contributed by atoms with Gasteiger partial charge < -0.3 is 53.6 Å². The highest BCUT2D eigenvalue weighted by Gasteiger charge is 2.49. The summed E-state index contributed by atoms with van der Waals surface area (Å²) in [7, 11) is 0. The van der Waals surface area contributed by atoms with E-state index in [1.807, 2.05) is 0 Å². The zero-order chi connectivity index (χ0) is 30.2. The molecule has 15 heteroatoms. The number of phenols is 5. The van der Waals surface area contributed by atoms with E-state index in [2.05, 4.69) is 0 Å². The third kappa shape index (κ3) is 5.89. The second-order valence-electron chi connectivity index (χ2n) is 8.91. The molecule has 1 aliphatic heterocycles. The second-order valence-corrected chi connectivity index (χ2v) is 8.91. The standard InChI is InChI=1S/C26H24O15/c1-9(27)37-18-8-36-26(25(39-11(3)29)23(18)38-10(2)28)41-24-21(35)19-14(31)6-13(30)7-17(19)40-22(24)12-4-15(32)20(34)16(33)5-12/h4-7,18,23,25-26,30-34H,8H2,1-3H3/t18-,23+,25?,26+/m1/s1. The van der Waals surface area contributed by atoms with Crippen molar-refractivity contribution in [2.75, 3.05) is 6.61 Å². The molecule has 2 heterocycles. The Hall–Kier alpha value is -5.18. The smallest absolute Gasteiger partial charge is 0.303 e. The van der Waals surface area contributed by atoms with Crippen LogP contribution in [0.15, 0.2) is 33.5 Å². The summed E-state index contributed by atoms with van der Waals surface area (Å²) >= 11 is 0. The Morgan fingerprint density at radius 2 is 1.39 bits per heavy atom. The van der Waals surface area contributed by atoms with Crippen molar-refractivity contribution in [2.24, 2.45) is 0 Å². The van der Waals surface area contributed by atoms with Gasteiger partial charge in [-0.3, -0.25) is 19.2 Å². The molecule has 15 nitrogen and oxygen atoms in total. The average Bonchev–Trinajstić information content (AvgIpc) is 2.85. The first kappa shape index (κ1) is 28.8. The van der Waals surface area contributed by atoms with Gasteiger partial charge in [0.1, 0.15) is 22.5 Å². The van der Waals surface area contributed by atoms with E-state index in [9.17, 15) is 44.7 Å². The highest BCUT2D eigenvalue weighted by molar-refractivity contribution is 5.88. The number of ether oxygens (including phenoxy) is 5. The van der Waals surface area contributed by atoms with Crippen molar-refractivity contribution in [3.63, 3.8) is 0 Å². The number of benzene rings is 2. The Bertz CT molecular complexity index is 1570. The van der Waals surface area contributed by atoms with Crippen LogP contribution in [-0.4, -0.2) is 74.6 Å². The summed E-state index contributed by atoms with van der Waals surface area (Å²) in [5, 5.41) is 49.7. The molecule has 4 atom stereocenters. The van der Waals surface area contributed by atoms with Crippen LogP contribution in [0.1, 0.15) is 20.8 Å². The highest BCUT2D eigenvalue weighted by atomic mass is 16.7. The molecular formula is C26H24O15. The fourth-order valence-corrected chi connectivity index (χ4v) is 4.23. The van der Waals surface area contributed by atoms with Gasteiger partial charge in [-0.2, -0.15) is 0 Å². The third-order valence-electron chi connectivity index (χ3n) is 5.79. The van der Waals surface area contributed by atoms with E-state index in [-0.39, 0.29) is 11.1 Å². The van der Waals surface area contributed by atoms with Crippen molar-refractivity contribution in [2.45, 2.75) is 45.4 Å². The van der Waals surface area contributed by atoms with Crippen LogP contribution in [-0.2, 0) is 33.3 Å². The Labute approximate surface area is 229 Å². The summed E-state index contributed by atoms with van der Waals surface area (Å²) in [5.74, 6) is -7.35. The van der Waals surface area contributed by atoms with Crippen LogP contribution in [0, 0.1) is 0 Å². The highest BCUT2D eigenvalue weighted by Crippen LogP contribution is 2.43. The fourth-order valence-electron chi connectivity index (χ4n) is 4.23. The van der Waals surface area contributed by atoms with E-state index >= 15 is 0 Å².